The van der Waals surface area contributed by atoms with E-state index in [1.807, 2.05) is 36.4 Å². The summed E-state index contributed by atoms with van der Waals surface area (Å²) in [5, 5.41) is 15.0. The Labute approximate surface area is 135 Å². The number of benzene rings is 2. The van der Waals surface area contributed by atoms with Gasteiger partial charge in [0, 0.05) is 6.54 Å². The molecule has 2 rings (SSSR count). The van der Waals surface area contributed by atoms with Crippen molar-refractivity contribution in [2.75, 3.05) is 6.54 Å². The van der Waals surface area contributed by atoms with Crippen LogP contribution in [0.3, 0.4) is 0 Å². The van der Waals surface area contributed by atoms with E-state index in [2.05, 4.69) is 10.6 Å². The number of carbonyl (C=O) groups excluding carboxylic acids is 2. The lowest BCUT2D eigenvalue weighted by molar-refractivity contribution is -0.139. The molecule has 0 saturated carbocycles. The van der Waals surface area contributed by atoms with E-state index in [0.29, 0.717) is 5.56 Å². The van der Waals surface area contributed by atoms with Crippen LogP contribution in [0.1, 0.15) is 30.2 Å². The second kappa shape index (κ2) is 8.10. The highest BCUT2D eigenvalue weighted by atomic mass is 16.3. The van der Waals surface area contributed by atoms with Crippen LogP contribution in [0.25, 0.3) is 0 Å². The van der Waals surface area contributed by atoms with Gasteiger partial charge in [0.15, 0.2) is 0 Å². The van der Waals surface area contributed by atoms with Gasteiger partial charge >= 0.3 is 11.8 Å². The quantitative estimate of drug-likeness (QED) is 0.736. The number of hydrogen-bond donors (Lipinski definition) is 3. The first-order valence-electron chi connectivity index (χ1n) is 7.44. The van der Waals surface area contributed by atoms with Gasteiger partial charge in [0.1, 0.15) is 0 Å². The Bertz CT molecular complexity index is 644. The highest BCUT2D eigenvalue weighted by Gasteiger charge is 2.18. The van der Waals surface area contributed by atoms with E-state index >= 15 is 0 Å². The maximum atomic E-state index is 11.9. The first-order chi connectivity index (χ1) is 11.1. The molecule has 2 aromatic rings. The summed E-state index contributed by atoms with van der Waals surface area (Å²) < 4.78 is 0. The first kappa shape index (κ1) is 16.7. The van der Waals surface area contributed by atoms with Crippen molar-refractivity contribution < 1.29 is 14.7 Å². The molecular formula is C18H20N2O3. The third-order valence-electron chi connectivity index (χ3n) is 3.49. The maximum absolute atomic E-state index is 11.9. The van der Waals surface area contributed by atoms with E-state index in [4.69, 9.17) is 0 Å². The summed E-state index contributed by atoms with van der Waals surface area (Å²) in [5.74, 6) is -1.48. The summed E-state index contributed by atoms with van der Waals surface area (Å²) in [6.45, 7) is 1.79. The van der Waals surface area contributed by atoms with Crippen LogP contribution in [0.4, 0.5) is 0 Å². The van der Waals surface area contributed by atoms with Gasteiger partial charge in [-0.1, -0.05) is 60.7 Å². The van der Waals surface area contributed by atoms with Crippen molar-refractivity contribution in [3.8, 4) is 0 Å². The summed E-state index contributed by atoms with van der Waals surface area (Å²) in [6.07, 6.45) is -0.848. The summed E-state index contributed by atoms with van der Waals surface area (Å²) in [7, 11) is 0. The molecule has 2 atom stereocenters. The standard InChI is InChI=1S/C18H20N2O3/c1-13(14-8-4-2-5-9-14)20-18(23)17(22)19-12-16(21)15-10-6-3-7-11-15/h2-11,13,16,21H,12H2,1H3,(H,19,22)(H,20,23). The van der Waals surface area contributed by atoms with Gasteiger partial charge in [-0.2, -0.15) is 0 Å². The fourth-order valence-corrected chi connectivity index (χ4v) is 2.15. The molecule has 2 unspecified atom stereocenters. The van der Waals surface area contributed by atoms with E-state index in [0.717, 1.165) is 5.56 Å². The predicted molar refractivity (Wildman–Crippen MR) is 87.4 cm³/mol. The zero-order valence-corrected chi connectivity index (χ0v) is 12.9. The molecule has 0 saturated heterocycles. The van der Waals surface area contributed by atoms with Gasteiger partial charge in [-0.25, -0.2) is 0 Å². The van der Waals surface area contributed by atoms with E-state index in [1.165, 1.54) is 0 Å². The molecule has 0 aliphatic heterocycles. The highest BCUT2D eigenvalue weighted by molar-refractivity contribution is 6.35. The average Bonchev–Trinajstić information content (AvgIpc) is 2.60. The fraction of sp³-hybridized carbons (Fsp3) is 0.222. The summed E-state index contributed by atoms with van der Waals surface area (Å²) in [4.78, 5) is 23.7. The molecule has 2 amide bonds. The van der Waals surface area contributed by atoms with E-state index in [9.17, 15) is 14.7 Å². The average molecular weight is 312 g/mol. The van der Waals surface area contributed by atoms with Crippen molar-refractivity contribution in [1.29, 1.82) is 0 Å². The van der Waals surface area contributed by atoms with Gasteiger partial charge in [0.2, 0.25) is 0 Å². The van der Waals surface area contributed by atoms with Crippen LogP contribution in [0.5, 0.6) is 0 Å². The van der Waals surface area contributed by atoms with Crippen LogP contribution >= 0.6 is 0 Å². The van der Waals surface area contributed by atoms with Gasteiger partial charge < -0.3 is 15.7 Å². The highest BCUT2D eigenvalue weighted by Crippen LogP contribution is 2.11. The molecule has 0 aliphatic carbocycles. The lowest BCUT2D eigenvalue weighted by atomic mass is 10.1. The lowest BCUT2D eigenvalue weighted by Crippen LogP contribution is -2.42. The van der Waals surface area contributed by atoms with E-state index in [-0.39, 0.29) is 12.6 Å². The minimum Gasteiger partial charge on any atom is -0.387 e. The molecule has 0 fully saturated rings. The van der Waals surface area contributed by atoms with Crippen molar-refractivity contribution in [3.63, 3.8) is 0 Å². The van der Waals surface area contributed by atoms with Gasteiger partial charge in [0.25, 0.3) is 0 Å². The van der Waals surface area contributed by atoms with Crippen molar-refractivity contribution in [1.82, 2.24) is 10.6 Å². The normalized spacial score (nSPS) is 13.0. The topological polar surface area (TPSA) is 78.4 Å². The van der Waals surface area contributed by atoms with Gasteiger partial charge in [-0.3, -0.25) is 9.59 Å². The Kier molecular flexibility index (Phi) is 5.88. The summed E-state index contributed by atoms with van der Waals surface area (Å²) in [6, 6.07) is 18.1. The van der Waals surface area contributed by atoms with Gasteiger partial charge in [-0.15, -0.1) is 0 Å². The third kappa shape index (κ3) is 4.93. The van der Waals surface area contributed by atoms with Crippen LogP contribution in [-0.4, -0.2) is 23.5 Å². The number of hydrogen-bond acceptors (Lipinski definition) is 3. The third-order valence-corrected chi connectivity index (χ3v) is 3.49. The van der Waals surface area contributed by atoms with Crippen molar-refractivity contribution >= 4 is 11.8 Å². The molecule has 120 valence electrons. The summed E-state index contributed by atoms with van der Waals surface area (Å²) in [5.41, 5.74) is 1.60. The molecule has 23 heavy (non-hydrogen) atoms. The Morgan fingerprint density at radius 1 is 0.913 bits per heavy atom. The molecule has 0 spiro atoms. The van der Waals surface area contributed by atoms with E-state index in [1.54, 1.807) is 31.2 Å². The number of carbonyl (C=O) groups is 2. The van der Waals surface area contributed by atoms with Crippen LogP contribution < -0.4 is 10.6 Å². The van der Waals surface area contributed by atoms with Crippen LogP contribution in [-0.2, 0) is 9.59 Å². The minimum atomic E-state index is -0.848. The van der Waals surface area contributed by atoms with Crippen molar-refractivity contribution in [3.05, 3.63) is 71.8 Å². The second-order valence-corrected chi connectivity index (χ2v) is 5.24. The molecule has 0 aliphatic rings. The number of nitrogens with one attached hydrogen (secondary N) is 2. The minimum absolute atomic E-state index is 0.0179. The molecule has 3 N–H and O–H groups in total. The fourth-order valence-electron chi connectivity index (χ4n) is 2.15. The van der Waals surface area contributed by atoms with Crippen LogP contribution in [0, 0.1) is 0 Å². The molecule has 5 nitrogen and oxygen atoms in total. The molecule has 0 bridgehead atoms. The van der Waals surface area contributed by atoms with Gasteiger partial charge in [-0.05, 0) is 18.1 Å². The molecular weight excluding hydrogens is 292 g/mol. The molecule has 0 aromatic heterocycles. The first-order valence-corrected chi connectivity index (χ1v) is 7.44. The smallest absolute Gasteiger partial charge is 0.309 e. The number of aliphatic hydroxyl groups excluding tert-OH is 1. The Hall–Kier alpha value is -2.66. The zero-order valence-electron chi connectivity index (χ0n) is 12.9. The molecule has 5 heteroatoms. The molecule has 2 aromatic carbocycles. The van der Waals surface area contributed by atoms with Crippen LogP contribution in [0.2, 0.25) is 0 Å². The predicted octanol–water partition coefficient (Wildman–Crippen LogP) is 1.71. The Morgan fingerprint density at radius 3 is 2.00 bits per heavy atom. The zero-order chi connectivity index (χ0) is 16.7. The summed E-state index contributed by atoms with van der Waals surface area (Å²) >= 11 is 0. The van der Waals surface area contributed by atoms with Crippen molar-refractivity contribution in [2.45, 2.75) is 19.1 Å². The number of amides is 2. The SMILES string of the molecule is CC(NC(=O)C(=O)NCC(O)c1ccccc1)c1ccccc1. The largest absolute Gasteiger partial charge is 0.387 e. The van der Waals surface area contributed by atoms with E-state index < -0.39 is 17.9 Å². The Balaban J connectivity index is 1.82. The Morgan fingerprint density at radius 2 is 1.43 bits per heavy atom. The molecule has 0 heterocycles. The lowest BCUT2D eigenvalue weighted by Gasteiger charge is -2.15. The van der Waals surface area contributed by atoms with Crippen molar-refractivity contribution in [2.24, 2.45) is 0 Å². The number of aliphatic hydroxyl groups is 1. The van der Waals surface area contributed by atoms with Gasteiger partial charge in [0.05, 0.1) is 12.1 Å². The van der Waals surface area contributed by atoms with Crippen LogP contribution in [0.15, 0.2) is 60.7 Å². The number of rotatable bonds is 5. The second-order valence-electron chi connectivity index (χ2n) is 5.24. The monoisotopic (exact) mass is 312 g/mol. The maximum Gasteiger partial charge on any atom is 0.309 e. The molecule has 0 radical (unpaired) electrons.